The lowest BCUT2D eigenvalue weighted by atomic mass is 10.0. The number of amides is 1. The van der Waals surface area contributed by atoms with E-state index in [-0.39, 0.29) is 23.6 Å². The highest BCUT2D eigenvalue weighted by Crippen LogP contribution is 2.30. The molecule has 1 aliphatic rings. The molecule has 1 N–H and O–H groups in total. The molecule has 206 valence electrons. The van der Waals surface area contributed by atoms with Gasteiger partial charge in [-0.25, -0.2) is 14.2 Å². The molecule has 0 spiro atoms. The van der Waals surface area contributed by atoms with Crippen LogP contribution in [0.1, 0.15) is 56.9 Å². The van der Waals surface area contributed by atoms with Crippen LogP contribution >= 0.6 is 0 Å². The van der Waals surface area contributed by atoms with E-state index < -0.39 is 48.0 Å². The van der Waals surface area contributed by atoms with E-state index in [1.165, 1.54) is 50.6 Å². The Hall–Kier alpha value is -3.73. The average molecular weight is 533 g/mol. The van der Waals surface area contributed by atoms with E-state index in [0.717, 1.165) is 6.42 Å². The number of esters is 2. The predicted molar refractivity (Wildman–Crippen MR) is 134 cm³/mol. The molecule has 2 heterocycles. The van der Waals surface area contributed by atoms with Crippen molar-refractivity contribution >= 4 is 17.8 Å². The second-order valence-electron chi connectivity index (χ2n) is 8.83. The van der Waals surface area contributed by atoms with Crippen molar-refractivity contribution < 1.29 is 42.5 Å². The van der Waals surface area contributed by atoms with Crippen molar-refractivity contribution in [1.82, 2.24) is 10.3 Å². The number of carbonyl (C=O) groups excluding carboxylic acids is 3. The molecule has 10 nitrogen and oxygen atoms in total. The summed E-state index contributed by atoms with van der Waals surface area (Å²) in [6.07, 6.45) is 1.58. The number of hydrogen-bond acceptors (Lipinski definition) is 9. The van der Waals surface area contributed by atoms with Gasteiger partial charge in [0.2, 0.25) is 5.75 Å². The molecule has 1 fully saturated rings. The third kappa shape index (κ3) is 7.64. The van der Waals surface area contributed by atoms with Crippen LogP contribution in [0.2, 0.25) is 0 Å². The van der Waals surface area contributed by atoms with Gasteiger partial charge in [-0.15, -0.1) is 0 Å². The molecule has 1 amide bonds. The van der Waals surface area contributed by atoms with Gasteiger partial charge in [0, 0.05) is 25.8 Å². The lowest BCUT2D eigenvalue weighted by molar-refractivity contribution is -0.159. The van der Waals surface area contributed by atoms with Gasteiger partial charge in [-0.3, -0.25) is 9.59 Å². The van der Waals surface area contributed by atoms with E-state index in [4.69, 9.17) is 23.7 Å². The second-order valence-corrected chi connectivity index (χ2v) is 8.83. The van der Waals surface area contributed by atoms with Crippen LogP contribution in [0.25, 0.3) is 0 Å². The minimum Gasteiger partial charge on any atom is -0.493 e. The number of aromatic nitrogens is 1. The molecule has 0 aliphatic carbocycles. The van der Waals surface area contributed by atoms with E-state index in [2.05, 4.69) is 10.3 Å². The van der Waals surface area contributed by atoms with Crippen LogP contribution in [0.15, 0.2) is 36.5 Å². The molecule has 0 bridgehead atoms. The summed E-state index contributed by atoms with van der Waals surface area (Å²) in [5.41, 5.74) is -0.207. The monoisotopic (exact) mass is 532 g/mol. The number of ether oxygens (including phenoxy) is 5. The molecule has 2 aromatic rings. The van der Waals surface area contributed by atoms with Crippen LogP contribution in [0, 0.1) is 5.82 Å². The highest BCUT2D eigenvalue weighted by molar-refractivity contribution is 5.98. The molecule has 11 heteroatoms. The van der Waals surface area contributed by atoms with Gasteiger partial charge < -0.3 is 29.0 Å². The van der Waals surface area contributed by atoms with Crippen molar-refractivity contribution in [1.29, 1.82) is 0 Å². The lowest BCUT2D eigenvalue weighted by Crippen LogP contribution is -2.46. The largest absolute Gasteiger partial charge is 0.493 e. The van der Waals surface area contributed by atoms with Crippen molar-refractivity contribution in [3.8, 4) is 17.2 Å². The Kier molecular flexibility index (Phi) is 10.4. The Labute approximate surface area is 220 Å². The molecule has 1 saturated heterocycles. The summed E-state index contributed by atoms with van der Waals surface area (Å²) in [7, 11) is 1.36. The summed E-state index contributed by atoms with van der Waals surface area (Å²) in [6.45, 7) is 5.33. The predicted octanol–water partition coefficient (Wildman–Crippen LogP) is 3.61. The first-order valence-electron chi connectivity index (χ1n) is 12.5. The number of benzene rings is 1. The number of nitrogens with zero attached hydrogens (tertiary/aromatic N) is 1. The number of methoxy groups -OCH3 is 1. The molecule has 0 saturated carbocycles. The number of carbonyl (C=O) groups is 3. The molecule has 3 rings (SSSR count). The molecule has 0 radical (unpaired) electrons. The normalized spacial score (nSPS) is 21.8. The average Bonchev–Trinajstić information content (AvgIpc) is 2.93. The Morgan fingerprint density at radius 3 is 2.58 bits per heavy atom. The molecule has 38 heavy (non-hydrogen) atoms. The van der Waals surface area contributed by atoms with Gasteiger partial charge >= 0.3 is 11.9 Å². The first-order valence-corrected chi connectivity index (χ1v) is 12.5. The minimum atomic E-state index is -1.00. The molecular formula is C27H33FN2O8. The van der Waals surface area contributed by atoms with E-state index in [1.807, 2.05) is 6.92 Å². The van der Waals surface area contributed by atoms with Gasteiger partial charge in [-0.2, -0.15) is 0 Å². The topological polar surface area (TPSA) is 122 Å². The van der Waals surface area contributed by atoms with Crippen LogP contribution in [0.5, 0.6) is 17.2 Å². The third-order valence-electron chi connectivity index (χ3n) is 5.87. The van der Waals surface area contributed by atoms with Crippen molar-refractivity contribution in [2.75, 3.05) is 13.7 Å². The number of halogens is 1. The fraction of sp³-hybridized carbons (Fsp3) is 0.481. The number of pyridine rings is 1. The zero-order valence-corrected chi connectivity index (χ0v) is 21.9. The maximum atomic E-state index is 13.4. The highest BCUT2D eigenvalue weighted by Gasteiger charge is 2.37. The number of cyclic esters (lactones) is 1. The summed E-state index contributed by atoms with van der Waals surface area (Å²) >= 11 is 0. The molecule has 4 atom stereocenters. The highest BCUT2D eigenvalue weighted by atomic mass is 19.1. The van der Waals surface area contributed by atoms with Crippen LogP contribution in [-0.4, -0.2) is 60.9 Å². The van der Waals surface area contributed by atoms with Crippen molar-refractivity contribution in [2.24, 2.45) is 0 Å². The maximum absolute atomic E-state index is 13.4. The van der Waals surface area contributed by atoms with Crippen LogP contribution in [-0.2, 0) is 19.1 Å². The van der Waals surface area contributed by atoms with Gasteiger partial charge in [0.05, 0.1) is 13.2 Å². The van der Waals surface area contributed by atoms with Crippen molar-refractivity contribution in [2.45, 2.75) is 70.8 Å². The van der Waals surface area contributed by atoms with Gasteiger partial charge in [0.15, 0.2) is 17.5 Å². The number of hydrogen-bond donors (Lipinski definition) is 1. The fourth-order valence-electron chi connectivity index (χ4n) is 4.08. The molecule has 1 aromatic heterocycles. The van der Waals surface area contributed by atoms with Gasteiger partial charge in [-0.05, 0) is 56.9 Å². The van der Waals surface area contributed by atoms with E-state index in [0.29, 0.717) is 25.2 Å². The Morgan fingerprint density at radius 1 is 1.18 bits per heavy atom. The summed E-state index contributed by atoms with van der Waals surface area (Å²) in [5, 5.41) is 2.65. The molecule has 1 aromatic carbocycles. The Morgan fingerprint density at radius 2 is 1.92 bits per heavy atom. The van der Waals surface area contributed by atoms with Gasteiger partial charge in [0.1, 0.15) is 23.7 Å². The first kappa shape index (κ1) is 28.8. The van der Waals surface area contributed by atoms with E-state index >= 15 is 0 Å². The standard InChI is InChI=1S/C27H33FN2O8/c1-5-15-35-22-8-6-7-20(27(33)36-16(2)24(22)38-19-11-9-18(28)10-12-19)30-26(32)23-25(37-17(3)31)21(34-4)13-14-29-23/h9-14,16,20,22,24H,5-8,15H2,1-4H3,(H,30,32). The SMILES string of the molecule is CCCOC1CCCC(NC(=O)c2nccc(OC)c2OC(C)=O)C(=O)OC(C)C1Oc1ccc(F)cc1. The smallest absolute Gasteiger partial charge is 0.329 e. The molecule has 4 unspecified atom stereocenters. The Balaban J connectivity index is 1.81. The zero-order valence-electron chi connectivity index (χ0n) is 21.9. The molecule has 1 aliphatic heterocycles. The minimum absolute atomic E-state index is 0.141. The maximum Gasteiger partial charge on any atom is 0.329 e. The summed E-state index contributed by atoms with van der Waals surface area (Å²) in [6, 6.07) is 6.01. The van der Waals surface area contributed by atoms with Crippen LogP contribution in [0.4, 0.5) is 4.39 Å². The van der Waals surface area contributed by atoms with Crippen LogP contribution < -0.4 is 19.5 Å². The summed E-state index contributed by atoms with van der Waals surface area (Å²) < 4.78 is 41.6. The summed E-state index contributed by atoms with van der Waals surface area (Å²) in [5.74, 6) is -2.04. The quantitative estimate of drug-likeness (QED) is 0.483. The summed E-state index contributed by atoms with van der Waals surface area (Å²) in [4.78, 5) is 41.9. The number of nitrogens with one attached hydrogen (secondary N) is 1. The molecular weight excluding hydrogens is 499 g/mol. The lowest BCUT2D eigenvalue weighted by Gasteiger charge is -2.31. The zero-order chi connectivity index (χ0) is 27.7. The van der Waals surface area contributed by atoms with Gasteiger partial charge in [-0.1, -0.05) is 6.92 Å². The van der Waals surface area contributed by atoms with E-state index in [1.54, 1.807) is 6.92 Å². The van der Waals surface area contributed by atoms with Crippen molar-refractivity contribution in [3.05, 3.63) is 48.0 Å². The van der Waals surface area contributed by atoms with Crippen LogP contribution in [0.3, 0.4) is 0 Å². The second kappa shape index (κ2) is 13.7. The van der Waals surface area contributed by atoms with E-state index in [9.17, 15) is 18.8 Å². The number of rotatable bonds is 9. The van der Waals surface area contributed by atoms with Crippen molar-refractivity contribution in [3.63, 3.8) is 0 Å². The Bertz CT molecular complexity index is 1110. The fourth-order valence-corrected chi connectivity index (χ4v) is 4.08. The van der Waals surface area contributed by atoms with Gasteiger partial charge in [0.25, 0.3) is 5.91 Å². The first-order chi connectivity index (χ1) is 18.2. The third-order valence-corrected chi connectivity index (χ3v) is 5.87.